The van der Waals surface area contributed by atoms with Gasteiger partial charge in [-0.1, -0.05) is 18.2 Å². The molecule has 0 radical (unpaired) electrons. The molecule has 1 amide bonds. The Morgan fingerprint density at radius 3 is 2.82 bits per heavy atom. The van der Waals surface area contributed by atoms with Crippen molar-refractivity contribution in [3.8, 4) is 0 Å². The molecule has 1 aliphatic rings. The second kappa shape index (κ2) is 8.03. The van der Waals surface area contributed by atoms with Crippen LogP contribution in [-0.2, 0) is 11.2 Å². The quantitative estimate of drug-likeness (QED) is 0.877. The van der Waals surface area contributed by atoms with Crippen LogP contribution in [0.15, 0.2) is 24.3 Å². The summed E-state index contributed by atoms with van der Waals surface area (Å²) in [4.78, 5) is 16.0. The van der Waals surface area contributed by atoms with Gasteiger partial charge in [0, 0.05) is 31.4 Å². The Bertz CT molecular complexity index is 491. The minimum absolute atomic E-state index is 0.218. The summed E-state index contributed by atoms with van der Waals surface area (Å²) in [6.07, 6.45) is 1.87. The summed E-state index contributed by atoms with van der Waals surface area (Å²) < 4.78 is 5.19. The van der Waals surface area contributed by atoms with Crippen LogP contribution in [0.2, 0.25) is 0 Å². The van der Waals surface area contributed by atoms with E-state index in [4.69, 9.17) is 4.74 Å². The van der Waals surface area contributed by atoms with Crippen molar-refractivity contribution in [1.82, 2.24) is 9.80 Å². The van der Waals surface area contributed by atoms with Gasteiger partial charge in [-0.3, -0.25) is 0 Å². The van der Waals surface area contributed by atoms with Crippen LogP contribution < -0.4 is 5.32 Å². The van der Waals surface area contributed by atoms with Gasteiger partial charge in [-0.15, -0.1) is 0 Å². The molecule has 5 nitrogen and oxygen atoms in total. The number of fused-ring (bicyclic) bond motifs is 1. The maximum atomic E-state index is 12.1. The van der Waals surface area contributed by atoms with Gasteiger partial charge in [-0.25, -0.2) is 4.79 Å². The van der Waals surface area contributed by atoms with E-state index >= 15 is 0 Å². The fourth-order valence-corrected chi connectivity index (χ4v) is 2.70. The van der Waals surface area contributed by atoms with Crippen LogP contribution in [0.25, 0.3) is 0 Å². The van der Waals surface area contributed by atoms with Crippen LogP contribution in [0, 0.1) is 0 Å². The maximum Gasteiger partial charge on any atom is 0.409 e. The highest BCUT2D eigenvalue weighted by atomic mass is 16.6. The molecular weight excluding hydrogens is 278 g/mol. The number of nitrogens with zero attached hydrogens (tertiary/aromatic N) is 2. The maximum absolute atomic E-state index is 12.1. The minimum atomic E-state index is -0.218. The summed E-state index contributed by atoms with van der Waals surface area (Å²) in [5.41, 5.74) is 2.55. The number of carbonyl (C=O) groups excluding carboxylic acids is 1. The molecule has 0 fully saturated rings. The second-order valence-corrected chi connectivity index (χ2v) is 5.99. The van der Waals surface area contributed by atoms with Gasteiger partial charge in [0.1, 0.15) is 0 Å². The van der Waals surface area contributed by atoms with Crippen LogP contribution >= 0.6 is 0 Å². The van der Waals surface area contributed by atoms with E-state index in [2.05, 4.69) is 28.4 Å². The summed E-state index contributed by atoms with van der Waals surface area (Å²) in [7, 11) is 4.02. The van der Waals surface area contributed by atoms with Gasteiger partial charge in [0.15, 0.2) is 0 Å². The van der Waals surface area contributed by atoms with Gasteiger partial charge in [-0.05, 0) is 45.5 Å². The smallest absolute Gasteiger partial charge is 0.409 e. The standard InChI is InChI=1S/C17H27N3O2/c1-4-22-17(21)20(12-11-19(2)3)13-15-10-9-14-7-5-6-8-16(14)18-15/h5-8,15,18H,4,9-13H2,1-3H3. The predicted octanol–water partition coefficient (Wildman–Crippen LogP) is 2.43. The number of benzene rings is 1. The first-order valence-corrected chi connectivity index (χ1v) is 8.01. The monoisotopic (exact) mass is 305 g/mol. The number of hydrogen-bond acceptors (Lipinski definition) is 4. The molecule has 0 saturated carbocycles. The SMILES string of the molecule is CCOC(=O)N(CCN(C)C)CC1CCc2ccccc2N1. The molecule has 1 atom stereocenters. The van der Waals surface area contributed by atoms with E-state index in [9.17, 15) is 4.79 Å². The first-order chi connectivity index (χ1) is 10.6. The van der Waals surface area contributed by atoms with E-state index in [0.717, 1.165) is 19.4 Å². The number of hydrogen-bond donors (Lipinski definition) is 1. The molecule has 0 bridgehead atoms. The number of aryl methyl sites for hydroxylation is 1. The Hall–Kier alpha value is -1.75. The van der Waals surface area contributed by atoms with Crippen LogP contribution in [-0.4, -0.2) is 62.3 Å². The van der Waals surface area contributed by atoms with E-state index in [-0.39, 0.29) is 12.1 Å². The summed E-state index contributed by atoms with van der Waals surface area (Å²) in [6, 6.07) is 8.66. The van der Waals surface area contributed by atoms with Crippen LogP contribution in [0.1, 0.15) is 18.9 Å². The zero-order valence-corrected chi connectivity index (χ0v) is 13.8. The van der Waals surface area contributed by atoms with Crippen molar-refractivity contribution in [2.75, 3.05) is 45.7 Å². The van der Waals surface area contributed by atoms with Gasteiger partial charge >= 0.3 is 6.09 Å². The Morgan fingerprint density at radius 2 is 2.09 bits per heavy atom. The molecule has 5 heteroatoms. The lowest BCUT2D eigenvalue weighted by atomic mass is 9.98. The molecule has 0 spiro atoms. The predicted molar refractivity (Wildman–Crippen MR) is 89.3 cm³/mol. The number of anilines is 1. The first kappa shape index (κ1) is 16.6. The van der Waals surface area contributed by atoms with E-state index in [1.54, 1.807) is 0 Å². The van der Waals surface area contributed by atoms with E-state index in [1.165, 1.54) is 11.3 Å². The van der Waals surface area contributed by atoms with Crippen LogP contribution in [0.3, 0.4) is 0 Å². The highest BCUT2D eigenvalue weighted by Gasteiger charge is 2.23. The van der Waals surface area contributed by atoms with Gasteiger partial charge < -0.3 is 19.9 Å². The molecule has 0 aliphatic carbocycles. The van der Waals surface area contributed by atoms with Gasteiger partial charge in [-0.2, -0.15) is 0 Å². The van der Waals surface area contributed by atoms with Crippen LogP contribution in [0.4, 0.5) is 10.5 Å². The summed E-state index contributed by atoms with van der Waals surface area (Å²) in [6.45, 7) is 4.46. The molecule has 1 heterocycles. The molecule has 2 rings (SSSR count). The van der Waals surface area contributed by atoms with Gasteiger partial charge in [0.2, 0.25) is 0 Å². The van der Waals surface area contributed by atoms with Crippen molar-refractivity contribution in [3.05, 3.63) is 29.8 Å². The second-order valence-electron chi connectivity index (χ2n) is 5.99. The molecule has 1 N–H and O–H groups in total. The molecule has 22 heavy (non-hydrogen) atoms. The summed E-state index contributed by atoms with van der Waals surface area (Å²) in [5.74, 6) is 0. The lowest BCUT2D eigenvalue weighted by Crippen LogP contribution is -2.44. The highest BCUT2D eigenvalue weighted by molar-refractivity contribution is 5.67. The molecule has 1 aromatic carbocycles. The zero-order valence-electron chi connectivity index (χ0n) is 13.8. The third kappa shape index (κ3) is 4.63. The normalized spacial score (nSPS) is 16.8. The average molecular weight is 305 g/mol. The Kier molecular flexibility index (Phi) is 6.07. The fourth-order valence-electron chi connectivity index (χ4n) is 2.70. The van der Waals surface area contributed by atoms with E-state index < -0.39 is 0 Å². The molecule has 0 aromatic heterocycles. The Balaban J connectivity index is 1.96. The molecule has 1 aliphatic heterocycles. The number of rotatable bonds is 6. The Labute approximate surface area is 133 Å². The first-order valence-electron chi connectivity index (χ1n) is 8.01. The van der Waals surface area contributed by atoms with Crippen molar-refractivity contribution in [2.45, 2.75) is 25.8 Å². The summed E-state index contributed by atoms with van der Waals surface area (Å²) in [5, 5.41) is 3.55. The topological polar surface area (TPSA) is 44.8 Å². The number of amides is 1. The third-order valence-electron chi connectivity index (χ3n) is 3.92. The van der Waals surface area contributed by atoms with Crippen molar-refractivity contribution >= 4 is 11.8 Å². The number of nitrogens with one attached hydrogen (secondary N) is 1. The largest absolute Gasteiger partial charge is 0.450 e. The minimum Gasteiger partial charge on any atom is -0.450 e. The van der Waals surface area contributed by atoms with E-state index in [0.29, 0.717) is 19.7 Å². The molecule has 1 unspecified atom stereocenters. The Morgan fingerprint density at radius 1 is 1.32 bits per heavy atom. The van der Waals surface area contributed by atoms with Crippen molar-refractivity contribution in [1.29, 1.82) is 0 Å². The number of para-hydroxylation sites is 1. The zero-order chi connectivity index (χ0) is 15.9. The summed E-state index contributed by atoms with van der Waals surface area (Å²) >= 11 is 0. The fraction of sp³-hybridized carbons (Fsp3) is 0.588. The number of carbonyl (C=O) groups is 1. The van der Waals surface area contributed by atoms with E-state index in [1.807, 2.05) is 32.0 Å². The molecule has 122 valence electrons. The lowest BCUT2D eigenvalue weighted by molar-refractivity contribution is 0.102. The van der Waals surface area contributed by atoms with Crippen molar-refractivity contribution in [2.24, 2.45) is 0 Å². The van der Waals surface area contributed by atoms with Crippen molar-refractivity contribution in [3.63, 3.8) is 0 Å². The molecule has 0 saturated heterocycles. The molecule has 1 aromatic rings. The molecular formula is C17H27N3O2. The van der Waals surface area contributed by atoms with Crippen molar-refractivity contribution < 1.29 is 9.53 Å². The third-order valence-corrected chi connectivity index (χ3v) is 3.92. The van der Waals surface area contributed by atoms with Gasteiger partial charge in [0.05, 0.1) is 6.61 Å². The number of ether oxygens (including phenoxy) is 1. The highest BCUT2D eigenvalue weighted by Crippen LogP contribution is 2.24. The number of likely N-dealkylation sites (N-methyl/N-ethyl adjacent to an activating group) is 1. The average Bonchev–Trinajstić information content (AvgIpc) is 2.51. The lowest BCUT2D eigenvalue weighted by Gasteiger charge is -2.32. The van der Waals surface area contributed by atoms with Crippen LogP contribution in [0.5, 0.6) is 0 Å². The van der Waals surface area contributed by atoms with Gasteiger partial charge in [0.25, 0.3) is 0 Å².